The van der Waals surface area contributed by atoms with Crippen molar-refractivity contribution in [1.82, 2.24) is 9.97 Å². The van der Waals surface area contributed by atoms with Gasteiger partial charge in [-0.15, -0.1) is 0 Å². The average molecular weight is 297 g/mol. The van der Waals surface area contributed by atoms with Crippen LogP contribution < -0.4 is 22.3 Å². The lowest BCUT2D eigenvalue weighted by molar-refractivity contribution is 0.475. The van der Waals surface area contributed by atoms with Crippen LogP contribution in [0.25, 0.3) is 0 Å². The normalized spacial score (nSPS) is 16.6. The maximum Gasteiger partial charge on any atom is 0.327 e. The monoisotopic (exact) mass is 297 g/mol. The quantitative estimate of drug-likeness (QED) is 0.501. The number of fused-ring (bicyclic) bond motifs is 1. The number of hydrogen-bond donors (Lipinski definition) is 5. The molecule has 1 aliphatic heterocycles. The number of aromatic nitrogens is 2. The van der Waals surface area contributed by atoms with Crippen LogP contribution in [0.15, 0.2) is 45.2 Å². The molecule has 8 nitrogen and oxygen atoms in total. The smallest absolute Gasteiger partial charge is 0.327 e. The highest BCUT2D eigenvalue weighted by molar-refractivity contribution is 5.63. The van der Waals surface area contributed by atoms with Crippen LogP contribution in [0.3, 0.4) is 0 Å². The second kappa shape index (κ2) is 4.82. The van der Waals surface area contributed by atoms with Crippen LogP contribution in [0, 0.1) is 11.3 Å². The molecule has 2 heterocycles. The molecule has 1 aromatic carbocycles. The summed E-state index contributed by atoms with van der Waals surface area (Å²) in [7, 11) is 0. The molecule has 0 saturated carbocycles. The van der Waals surface area contributed by atoms with E-state index in [1.165, 1.54) is 12.1 Å². The van der Waals surface area contributed by atoms with E-state index in [4.69, 9.17) is 5.73 Å². The van der Waals surface area contributed by atoms with Crippen molar-refractivity contribution in [3.05, 3.63) is 67.6 Å². The van der Waals surface area contributed by atoms with E-state index in [9.17, 15) is 20.0 Å². The number of nitriles is 1. The van der Waals surface area contributed by atoms with Gasteiger partial charge in [0, 0.05) is 0 Å². The Morgan fingerprint density at radius 3 is 2.50 bits per heavy atom. The summed E-state index contributed by atoms with van der Waals surface area (Å²) in [4.78, 5) is 28.2. The van der Waals surface area contributed by atoms with E-state index >= 15 is 0 Å². The average Bonchev–Trinajstić information content (AvgIpc) is 2.46. The maximum absolute atomic E-state index is 12.2. The Bertz CT molecular complexity index is 931. The summed E-state index contributed by atoms with van der Waals surface area (Å²) in [6.07, 6.45) is 0. The van der Waals surface area contributed by atoms with Gasteiger partial charge < -0.3 is 16.2 Å². The summed E-state index contributed by atoms with van der Waals surface area (Å²) in [5, 5.41) is 21.4. The van der Waals surface area contributed by atoms with Gasteiger partial charge in [-0.25, -0.2) is 4.79 Å². The van der Waals surface area contributed by atoms with Crippen molar-refractivity contribution in [3.63, 3.8) is 0 Å². The molecular weight excluding hydrogens is 286 g/mol. The van der Waals surface area contributed by atoms with Gasteiger partial charge in [0.2, 0.25) is 0 Å². The molecule has 22 heavy (non-hydrogen) atoms. The molecule has 3 rings (SSSR count). The molecule has 1 atom stereocenters. The first-order chi connectivity index (χ1) is 10.5. The number of aromatic amines is 2. The third kappa shape index (κ3) is 2.01. The van der Waals surface area contributed by atoms with E-state index in [0.29, 0.717) is 5.56 Å². The van der Waals surface area contributed by atoms with Crippen LogP contribution in [-0.2, 0) is 0 Å². The Kier molecular flexibility index (Phi) is 2.96. The molecule has 0 radical (unpaired) electrons. The molecule has 2 aromatic rings. The highest BCUT2D eigenvalue weighted by Crippen LogP contribution is 2.37. The van der Waals surface area contributed by atoms with Crippen molar-refractivity contribution >= 4 is 5.82 Å². The van der Waals surface area contributed by atoms with Crippen LogP contribution in [0.4, 0.5) is 5.82 Å². The standard InChI is InChI=1S/C14H11N5O3/c15-5-8-9(6-1-3-7(20)4-2-6)10-12(17-11(8)16)18-14(22)19-13(10)21/h1-4,9,20H,16H2,(H3,17,18,19,21,22). The van der Waals surface area contributed by atoms with Crippen LogP contribution in [0.5, 0.6) is 5.75 Å². The number of aromatic hydroxyl groups is 1. The SMILES string of the molecule is N#CC1=C(N)Nc2[nH]c(=O)[nH]c(=O)c2C1c1ccc(O)cc1. The van der Waals surface area contributed by atoms with E-state index in [0.717, 1.165) is 0 Å². The zero-order valence-electron chi connectivity index (χ0n) is 11.2. The summed E-state index contributed by atoms with van der Waals surface area (Å²) in [6.45, 7) is 0. The van der Waals surface area contributed by atoms with Gasteiger partial charge >= 0.3 is 5.69 Å². The van der Waals surface area contributed by atoms with E-state index in [-0.39, 0.29) is 28.5 Å². The molecule has 0 bridgehead atoms. The highest BCUT2D eigenvalue weighted by Gasteiger charge is 2.32. The minimum absolute atomic E-state index is 0.0590. The fraction of sp³-hybridized carbons (Fsp3) is 0.0714. The topological polar surface area (TPSA) is 148 Å². The summed E-state index contributed by atoms with van der Waals surface area (Å²) >= 11 is 0. The van der Waals surface area contributed by atoms with Gasteiger partial charge in [-0.1, -0.05) is 12.1 Å². The molecule has 1 aromatic heterocycles. The maximum atomic E-state index is 12.2. The molecule has 0 saturated heterocycles. The van der Waals surface area contributed by atoms with Crippen LogP contribution >= 0.6 is 0 Å². The number of nitrogens with two attached hydrogens (primary N) is 1. The molecule has 0 spiro atoms. The summed E-state index contributed by atoms with van der Waals surface area (Å²) in [5.74, 6) is -0.455. The van der Waals surface area contributed by atoms with Gasteiger partial charge in [0.05, 0.1) is 23.1 Å². The molecule has 0 aliphatic carbocycles. The minimum atomic E-state index is -0.734. The predicted octanol–water partition coefficient (Wildman–Crippen LogP) is 0.0201. The van der Waals surface area contributed by atoms with Crippen molar-refractivity contribution in [2.24, 2.45) is 5.73 Å². The van der Waals surface area contributed by atoms with Gasteiger partial charge in [0.25, 0.3) is 5.56 Å². The first-order valence-electron chi connectivity index (χ1n) is 6.33. The number of nitrogens with one attached hydrogen (secondary N) is 3. The van der Waals surface area contributed by atoms with Crippen LogP contribution in [0.1, 0.15) is 17.0 Å². The number of anilines is 1. The van der Waals surface area contributed by atoms with E-state index in [2.05, 4.69) is 15.3 Å². The fourth-order valence-electron chi connectivity index (χ4n) is 2.50. The summed E-state index contributed by atoms with van der Waals surface area (Å²) < 4.78 is 0. The lowest BCUT2D eigenvalue weighted by atomic mass is 9.84. The molecule has 1 aliphatic rings. The van der Waals surface area contributed by atoms with E-state index in [1.54, 1.807) is 12.1 Å². The van der Waals surface area contributed by atoms with Gasteiger partial charge in [-0.2, -0.15) is 5.26 Å². The predicted molar refractivity (Wildman–Crippen MR) is 78.1 cm³/mol. The summed E-state index contributed by atoms with van der Waals surface area (Å²) in [5.41, 5.74) is 5.49. The number of phenolic OH excluding ortho intramolecular Hbond substituents is 1. The Balaban J connectivity index is 2.32. The molecule has 1 unspecified atom stereocenters. The third-order valence-corrected chi connectivity index (χ3v) is 3.45. The number of benzene rings is 1. The van der Waals surface area contributed by atoms with Crippen molar-refractivity contribution in [2.75, 3.05) is 5.32 Å². The van der Waals surface area contributed by atoms with E-state index < -0.39 is 17.2 Å². The number of allylic oxidation sites excluding steroid dienone is 1. The zero-order valence-corrected chi connectivity index (χ0v) is 11.2. The van der Waals surface area contributed by atoms with Gasteiger partial charge in [-0.3, -0.25) is 14.8 Å². The number of H-pyrrole nitrogens is 2. The third-order valence-electron chi connectivity index (χ3n) is 3.45. The van der Waals surface area contributed by atoms with Crippen LogP contribution in [-0.4, -0.2) is 15.1 Å². The lowest BCUT2D eigenvalue weighted by Crippen LogP contribution is -2.34. The Hall–Kier alpha value is -3.47. The van der Waals surface area contributed by atoms with Gasteiger partial charge in [0.1, 0.15) is 17.4 Å². The molecule has 0 amide bonds. The molecule has 110 valence electrons. The highest BCUT2D eigenvalue weighted by atomic mass is 16.3. The van der Waals surface area contributed by atoms with Crippen molar-refractivity contribution in [1.29, 1.82) is 5.26 Å². The Morgan fingerprint density at radius 1 is 1.18 bits per heavy atom. The van der Waals surface area contributed by atoms with Crippen molar-refractivity contribution < 1.29 is 5.11 Å². The fourth-order valence-corrected chi connectivity index (χ4v) is 2.50. The zero-order chi connectivity index (χ0) is 15.9. The Morgan fingerprint density at radius 2 is 1.86 bits per heavy atom. The number of hydrogen-bond acceptors (Lipinski definition) is 6. The second-order valence-electron chi connectivity index (χ2n) is 4.79. The second-order valence-corrected chi connectivity index (χ2v) is 4.79. The lowest BCUT2D eigenvalue weighted by Gasteiger charge is -2.25. The van der Waals surface area contributed by atoms with Crippen molar-refractivity contribution in [2.45, 2.75) is 5.92 Å². The number of rotatable bonds is 1. The first kappa shape index (κ1) is 13.5. The molecular formula is C14H11N5O3. The Labute approximate surface area is 123 Å². The number of phenols is 1. The van der Waals surface area contributed by atoms with Gasteiger partial charge in [-0.05, 0) is 17.7 Å². The molecule has 0 fully saturated rings. The first-order valence-corrected chi connectivity index (χ1v) is 6.33. The van der Waals surface area contributed by atoms with Gasteiger partial charge in [0.15, 0.2) is 0 Å². The van der Waals surface area contributed by atoms with Crippen molar-refractivity contribution in [3.8, 4) is 11.8 Å². The van der Waals surface area contributed by atoms with Crippen LogP contribution in [0.2, 0.25) is 0 Å². The molecule has 6 N–H and O–H groups in total. The largest absolute Gasteiger partial charge is 0.508 e. The minimum Gasteiger partial charge on any atom is -0.508 e. The molecule has 8 heteroatoms. The van der Waals surface area contributed by atoms with E-state index in [1.807, 2.05) is 6.07 Å². The number of nitrogens with zero attached hydrogens (tertiary/aromatic N) is 1. The summed E-state index contributed by atoms with van der Waals surface area (Å²) in [6, 6.07) is 8.05.